The summed E-state index contributed by atoms with van der Waals surface area (Å²) in [7, 11) is 0. The van der Waals surface area contributed by atoms with E-state index in [2.05, 4.69) is 10.3 Å². The molecule has 1 aromatic rings. The molecule has 26 heavy (non-hydrogen) atoms. The number of nitrogens with zero attached hydrogens (tertiary/aromatic N) is 2. The number of hydrogen-bond acceptors (Lipinski definition) is 4. The van der Waals surface area contributed by atoms with E-state index >= 15 is 0 Å². The summed E-state index contributed by atoms with van der Waals surface area (Å²) >= 11 is 0. The van der Waals surface area contributed by atoms with E-state index in [9.17, 15) is 4.79 Å². The minimum absolute atomic E-state index is 0.0675. The van der Waals surface area contributed by atoms with Crippen molar-refractivity contribution in [2.45, 2.75) is 45.8 Å². The van der Waals surface area contributed by atoms with Crippen molar-refractivity contribution in [3.8, 4) is 5.75 Å². The molecule has 1 atom stereocenters. The van der Waals surface area contributed by atoms with Crippen molar-refractivity contribution in [3.05, 3.63) is 29.8 Å². The third-order valence-corrected chi connectivity index (χ3v) is 4.31. The second-order valence-electron chi connectivity index (χ2n) is 6.52. The highest BCUT2D eigenvalue weighted by Gasteiger charge is 2.23. The first-order chi connectivity index (χ1) is 12.5. The van der Waals surface area contributed by atoms with Crippen LogP contribution in [0.4, 0.5) is 4.79 Å². The van der Waals surface area contributed by atoms with E-state index in [0.717, 1.165) is 24.2 Å². The number of aliphatic imine (C=N–C) groups is 1. The Morgan fingerprint density at radius 1 is 1.38 bits per heavy atom. The molecule has 1 saturated heterocycles. The molecule has 1 unspecified atom stereocenters. The van der Waals surface area contributed by atoms with Crippen LogP contribution in [0.1, 0.15) is 32.3 Å². The molecule has 0 radical (unpaired) electrons. The van der Waals surface area contributed by atoms with Gasteiger partial charge in [0.2, 0.25) is 0 Å². The standard InChI is InChI=1S/C19H30N4O3/c1-4-25-19(24)23-11-9-16(10-12-23)22-18(20)21-13-15(3)26-17-8-6-5-7-14(17)2/h5-8,15-16H,4,9-13H2,1-3H3,(H3,20,21,22). The number of para-hydroxylation sites is 1. The molecule has 1 fully saturated rings. The van der Waals surface area contributed by atoms with E-state index in [1.807, 2.05) is 45.0 Å². The Hall–Kier alpha value is -2.44. The summed E-state index contributed by atoms with van der Waals surface area (Å²) in [5, 5.41) is 3.23. The molecule has 1 aromatic carbocycles. The number of ether oxygens (including phenoxy) is 2. The second-order valence-corrected chi connectivity index (χ2v) is 6.52. The van der Waals surface area contributed by atoms with Gasteiger partial charge in [-0.3, -0.25) is 0 Å². The van der Waals surface area contributed by atoms with Gasteiger partial charge in [-0.2, -0.15) is 0 Å². The maximum atomic E-state index is 11.7. The van der Waals surface area contributed by atoms with E-state index < -0.39 is 0 Å². The van der Waals surface area contributed by atoms with Gasteiger partial charge in [-0.15, -0.1) is 0 Å². The van der Waals surface area contributed by atoms with Gasteiger partial charge < -0.3 is 25.4 Å². The lowest BCUT2D eigenvalue weighted by Crippen LogP contribution is -2.48. The van der Waals surface area contributed by atoms with Crippen LogP contribution in [0, 0.1) is 6.92 Å². The van der Waals surface area contributed by atoms with Gasteiger partial charge >= 0.3 is 6.09 Å². The van der Waals surface area contributed by atoms with Crippen molar-refractivity contribution >= 4 is 12.1 Å². The molecule has 0 bridgehead atoms. The predicted octanol–water partition coefficient (Wildman–Crippen LogP) is 2.29. The Bertz CT molecular complexity index is 613. The van der Waals surface area contributed by atoms with Crippen molar-refractivity contribution in [2.24, 2.45) is 10.7 Å². The fraction of sp³-hybridized carbons (Fsp3) is 0.579. The zero-order chi connectivity index (χ0) is 18.9. The molecule has 0 spiro atoms. The average Bonchev–Trinajstić information content (AvgIpc) is 2.63. The van der Waals surface area contributed by atoms with Crippen LogP contribution < -0.4 is 15.8 Å². The number of benzene rings is 1. The quantitative estimate of drug-likeness (QED) is 0.599. The summed E-state index contributed by atoms with van der Waals surface area (Å²) < 4.78 is 10.9. The van der Waals surface area contributed by atoms with E-state index in [4.69, 9.17) is 15.2 Å². The van der Waals surface area contributed by atoms with Gasteiger partial charge in [0.25, 0.3) is 0 Å². The van der Waals surface area contributed by atoms with Crippen LogP contribution >= 0.6 is 0 Å². The highest BCUT2D eigenvalue weighted by Crippen LogP contribution is 2.17. The highest BCUT2D eigenvalue weighted by molar-refractivity contribution is 5.78. The molecule has 1 amide bonds. The predicted molar refractivity (Wildman–Crippen MR) is 103 cm³/mol. The molecule has 1 aliphatic heterocycles. The molecule has 1 heterocycles. The number of carbonyl (C=O) groups is 1. The van der Waals surface area contributed by atoms with Gasteiger partial charge in [-0.05, 0) is 45.2 Å². The van der Waals surface area contributed by atoms with Crippen LogP contribution in [0.5, 0.6) is 5.75 Å². The normalized spacial score (nSPS) is 16.9. The first-order valence-corrected chi connectivity index (χ1v) is 9.20. The monoisotopic (exact) mass is 362 g/mol. The van der Waals surface area contributed by atoms with Crippen molar-refractivity contribution < 1.29 is 14.3 Å². The number of nitrogens with one attached hydrogen (secondary N) is 1. The smallest absolute Gasteiger partial charge is 0.409 e. The van der Waals surface area contributed by atoms with Crippen LogP contribution in [0.15, 0.2) is 29.3 Å². The fourth-order valence-corrected chi connectivity index (χ4v) is 2.85. The van der Waals surface area contributed by atoms with Gasteiger partial charge in [-0.1, -0.05) is 18.2 Å². The van der Waals surface area contributed by atoms with Crippen molar-refractivity contribution in [3.63, 3.8) is 0 Å². The molecule has 7 nitrogen and oxygen atoms in total. The van der Waals surface area contributed by atoms with Gasteiger partial charge in [0.15, 0.2) is 5.96 Å². The van der Waals surface area contributed by atoms with Gasteiger partial charge in [0, 0.05) is 19.1 Å². The van der Waals surface area contributed by atoms with E-state index in [1.54, 1.807) is 4.90 Å². The summed E-state index contributed by atoms with van der Waals surface area (Å²) in [6, 6.07) is 8.13. The SMILES string of the molecule is CCOC(=O)N1CCC(NC(N)=NCC(C)Oc2ccccc2C)CC1. The van der Waals surface area contributed by atoms with Gasteiger partial charge in [-0.25, -0.2) is 9.79 Å². The molecule has 1 aliphatic rings. The van der Waals surface area contributed by atoms with Crippen LogP contribution in [-0.4, -0.2) is 55.3 Å². The number of hydrogen-bond donors (Lipinski definition) is 2. The number of amides is 1. The number of likely N-dealkylation sites (tertiary alicyclic amines) is 1. The lowest BCUT2D eigenvalue weighted by atomic mass is 10.1. The van der Waals surface area contributed by atoms with Crippen LogP contribution in [0.25, 0.3) is 0 Å². The molecule has 0 aromatic heterocycles. The third-order valence-electron chi connectivity index (χ3n) is 4.31. The molecule has 7 heteroatoms. The molecule has 3 N–H and O–H groups in total. The summed E-state index contributed by atoms with van der Waals surface area (Å²) in [5.74, 6) is 1.29. The summed E-state index contributed by atoms with van der Waals surface area (Å²) in [6.07, 6.45) is 1.34. The summed E-state index contributed by atoms with van der Waals surface area (Å²) in [4.78, 5) is 17.8. The van der Waals surface area contributed by atoms with Crippen LogP contribution in [-0.2, 0) is 4.74 Å². The zero-order valence-electron chi connectivity index (χ0n) is 15.9. The third kappa shape index (κ3) is 6.13. The molecule has 144 valence electrons. The maximum absolute atomic E-state index is 11.7. The molecular formula is C19H30N4O3. The lowest BCUT2D eigenvalue weighted by molar-refractivity contribution is 0.0963. The fourth-order valence-electron chi connectivity index (χ4n) is 2.85. The minimum atomic E-state index is -0.241. The number of guanidine groups is 1. The van der Waals surface area contributed by atoms with E-state index in [-0.39, 0.29) is 18.2 Å². The number of aryl methyl sites for hydroxylation is 1. The average molecular weight is 362 g/mol. The van der Waals surface area contributed by atoms with Crippen molar-refractivity contribution in [1.29, 1.82) is 0 Å². The first kappa shape index (κ1) is 19.9. The summed E-state index contributed by atoms with van der Waals surface area (Å²) in [5.41, 5.74) is 7.10. The summed E-state index contributed by atoms with van der Waals surface area (Å²) in [6.45, 7) is 8.01. The molecule has 2 rings (SSSR count). The molecule has 0 aliphatic carbocycles. The maximum Gasteiger partial charge on any atom is 0.409 e. The largest absolute Gasteiger partial charge is 0.489 e. The Morgan fingerprint density at radius 3 is 2.73 bits per heavy atom. The number of rotatable bonds is 6. The van der Waals surface area contributed by atoms with Crippen LogP contribution in [0.3, 0.4) is 0 Å². The molecular weight excluding hydrogens is 332 g/mol. The number of carbonyl (C=O) groups excluding carboxylic acids is 1. The first-order valence-electron chi connectivity index (χ1n) is 9.20. The molecule has 0 saturated carbocycles. The Labute approximate surface area is 155 Å². The number of piperidine rings is 1. The van der Waals surface area contributed by atoms with Crippen molar-refractivity contribution in [1.82, 2.24) is 10.2 Å². The van der Waals surface area contributed by atoms with Crippen molar-refractivity contribution in [2.75, 3.05) is 26.2 Å². The van der Waals surface area contributed by atoms with E-state index in [1.165, 1.54) is 0 Å². The highest BCUT2D eigenvalue weighted by atomic mass is 16.6. The van der Waals surface area contributed by atoms with Crippen LogP contribution in [0.2, 0.25) is 0 Å². The Balaban J connectivity index is 1.73. The Kier molecular flexibility index (Phi) is 7.56. The van der Waals surface area contributed by atoms with E-state index in [0.29, 0.717) is 32.2 Å². The van der Waals surface area contributed by atoms with Gasteiger partial charge in [0.1, 0.15) is 11.9 Å². The topological polar surface area (TPSA) is 89.2 Å². The Morgan fingerprint density at radius 2 is 2.08 bits per heavy atom. The van der Waals surface area contributed by atoms with Gasteiger partial charge in [0.05, 0.1) is 13.2 Å². The zero-order valence-corrected chi connectivity index (χ0v) is 15.9. The lowest BCUT2D eigenvalue weighted by Gasteiger charge is -2.31. The second kappa shape index (κ2) is 9.89. The number of nitrogens with two attached hydrogens (primary N) is 1. The minimum Gasteiger partial charge on any atom is -0.489 e.